The fraction of sp³-hybridized carbons (Fsp3) is 0.400. The first-order valence-electron chi connectivity index (χ1n) is 4.05. The zero-order valence-corrected chi connectivity index (χ0v) is 8.62. The molecule has 66 valence electrons. The number of alkyl halides is 1. The molecule has 0 N–H and O–H groups in total. The highest BCUT2D eigenvalue weighted by molar-refractivity contribution is 6.30. The summed E-state index contributed by atoms with van der Waals surface area (Å²) in [4.78, 5) is 0. The summed E-state index contributed by atoms with van der Waals surface area (Å²) >= 11 is 11.5. The second-order valence-electron chi connectivity index (χ2n) is 2.86. The van der Waals surface area contributed by atoms with E-state index in [0.717, 1.165) is 17.9 Å². The van der Waals surface area contributed by atoms with Crippen LogP contribution in [0.4, 0.5) is 0 Å². The minimum Gasteiger partial charge on any atom is -0.127 e. The van der Waals surface area contributed by atoms with E-state index in [9.17, 15) is 0 Å². The number of hydrogen-bond donors (Lipinski definition) is 0. The molecule has 0 amide bonds. The lowest BCUT2D eigenvalue weighted by atomic mass is 10.0. The summed E-state index contributed by atoms with van der Waals surface area (Å²) < 4.78 is 0. The number of halogens is 2. The molecule has 0 aromatic heterocycles. The molecule has 0 saturated heterocycles. The maximum atomic E-state index is 5.86. The summed E-state index contributed by atoms with van der Waals surface area (Å²) in [7, 11) is 0. The Morgan fingerprint density at radius 2 is 2.08 bits per heavy atom. The number of rotatable bonds is 3. The van der Waals surface area contributed by atoms with Gasteiger partial charge in [-0.3, -0.25) is 0 Å². The van der Waals surface area contributed by atoms with Crippen LogP contribution in [0.15, 0.2) is 18.2 Å². The second-order valence-corrected chi connectivity index (χ2v) is 3.68. The minimum absolute atomic E-state index is 0.714. The molecule has 12 heavy (non-hydrogen) atoms. The van der Waals surface area contributed by atoms with Crippen molar-refractivity contribution in [2.75, 3.05) is 5.88 Å². The summed E-state index contributed by atoms with van der Waals surface area (Å²) in [6.07, 6.45) is 2.04. The van der Waals surface area contributed by atoms with Crippen molar-refractivity contribution >= 4 is 23.2 Å². The molecular weight excluding hydrogens is 191 g/mol. The summed E-state index contributed by atoms with van der Waals surface area (Å²) in [5.41, 5.74) is 2.60. The smallest absolute Gasteiger partial charge is 0.0408 e. The Hall–Kier alpha value is -0.200. The van der Waals surface area contributed by atoms with Gasteiger partial charge in [-0.05, 0) is 43.0 Å². The molecule has 0 unspecified atom stereocenters. The van der Waals surface area contributed by atoms with Crippen LogP contribution in [0.25, 0.3) is 0 Å². The normalized spacial score (nSPS) is 10.2. The zero-order valence-electron chi connectivity index (χ0n) is 7.11. The van der Waals surface area contributed by atoms with E-state index < -0.39 is 0 Å². The quantitative estimate of drug-likeness (QED) is 0.655. The largest absolute Gasteiger partial charge is 0.127 e. The number of benzene rings is 1. The van der Waals surface area contributed by atoms with Gasteiger partial charge in [0.25, 0.3) is 0 Å². The minimum atomic E-state index is 0.714. The third kappa shape index (κ3) is 2.69. The monoisotopic (exact) mass is 202 g/mol. The molecule has 1 rings (SSSR count). The van der Waals surface area contributed by atoms with Crippen molar-refractivity contribution in [3.63, 3.8) is 0 Å². The molecule has 0 spiro atoms. The van der Waals surface area contributed by atoms with Crippen molar-refractivity contribution in [1.82, 2.24) is 0 Å². The van der Waals surface area contributed by atoms with Gasteiger partial charge in [0.1, 0.15) is 0 Å². The molecule has 0 aliphatic carbocycles. The van der Waals surface area contributed by atoms with E-state index in [0.29, 0.717) is 5.88 Å². The third-order valence-corrected chi connectivity index (χ3v) is 2.39. The van der Waals surface area contributed by atoms with Gasteiger partial charge in [-0.25, -0.2) is 0 Å². The summed E-state index contributed by atoms with van der Waals surface area (Å²) in [6, 6.07) is 5.98. The molecule has 0 fully saturated rings. The van der Waals surface area contributed by atoms with Gasteiger partial charge in [0.2, 0.25) is 0 Å². The topological polar surface area (TPSA) is 0 Å². The highest BCUT2D eigenvalue weighted by atomic mass is 35.5. The first kappa shape index (κ1) is 9.88. The van der Waals surface area contributed by atoms with E-state index in [1.54, 1.807) is 0 Å². The first-order chi connectivity index (χ1) is 5.74. The van der Waals surface area contributed by atoms with Crippen molar-refractivity contribution in [2.45, 2.75) is 19.8 Å². The molecule has 2 heteroatoms. The van der Waals surface area contributed by atoms with Crippen molar-refractivity contribution < 1.29 is 0 Å². The van der Waals surface area contributed by atoms with Gasteiger partial charge in [-0.2, -0.15) is 0 Å². The number of aryl methyl sites for hydroxylation is 2. The fourth-order valence-corrected chi connectivity index (χ4v) is 1.49. The standard InChI is InChI=1S/C10H12Cl2/c1-8-4-5-10(12)7-9(8)3-2-6-11/h4-5,7H,2-3,6H2,1H3. The number of hydrogen-bond acceptors (Lipinski definition) is 0. The van der Waals surface area contributed by atoms with Gasteiger partial charge in [0.05, 0.1) is 0 Å². The molecular formula is C10H12Cl2. The molecule has 0 nitrogen and oxygen atoms in total. The van der Waals surface area contributed by atoms with Crippen LogP contribution in [0.3, 0.4) is 0 Å². The molecule has 0 heterocycles. The summed E-state index contributed by atoms with van der Waals surface area (Å²) in [5.74, 6) is 0.714. The van der Waals surface area contributed by atoms with Gasteiger partial charge in [0.15, 0.2) is 0 Å². The molecule has 0 aliphatic rings. The lowest BCUT2D eigenvalue weighted by molar-refractivity contribution is 0.919. The van der Waals surface area contributed by atoms with Crippen LogP contribution in [0.2, 0.25) is 5.02 Å². The summed E-state index contributed by atoms with van der Waals surface area (Å²) in [5, 5.41) is 0.810. The maximum absolute atomic E-state index is 5.86. The van der Waals surface area contributed by atoms with Crippen LogP contribution in [0, 0.1) is 6.92 Å². The van der Waals surface area contributed by atoms with Crippen LogP contribution >= 0.6 is 23.2 Å². The molecule has 0 bridgehead atoms. The van der Waals surface area contributed by atoms with Gasteiger partial charge in [-0.15, -0.1) is 11.6 Å². The van der Waals surface area contributed by atoms with E-state index in [2.05, 4.69) is 6.92 Å². The van der Waals surface area contributed by atoms with Gasteiger partial charge in [-0.1, -0.05) is 17.7 Å². The molecule has 0 saturated carbocycles. The zero-order chi connectivity index (χ0) is 8.97. The van der Waals surface area contributed by atoms with Crippen molar-refractivity contribution in [2.24, 2.45) is 0 Å². The Morgan fingerprint density at radius 3 is 2.75 bits per heavy atom. The van der Waals surface area contributed by atoms with Crippen LogP contribution in [0.1, 0.15) is 17.5 Å². The summed E-state index contributed by atoms with van der Waals surface area (Å²) in [6.45, 7) is 2.10. The molecule has 0 aliphatic heterocycles. The van der Waals surface area contributed by atoms with Gasteiger partial charge < -0.3 is 0 Å². The second kappa shape index (κ2) is 4.74. The molecule has 0 radical (unpaired) electrons. The molecule has 1 aromatic rings. The van der Waals surface area contributed by atoms with Gasteiger partial charge in [0, 0.05) is 10.9 Å². The average molecular weight is 203 g/mol. The Bertz CT molecular complexity index is 256. The predicted octanol–water partition coefficient (Wildman–Crippen LogP) is 3.82. The lowest BCUT2D eigenvalue weighted by Gasteiger charge is -2.04. The Morgan fingerprint density at radius 1 is 1.33 bits per heavy atom. The van der Waals surface area contributed by atoms with E-state index >= 15 is 0 Å². The van der Waals surface area contributed by atoms with E-state index in [1.807, 2.05) is 18.2 Å². The third-order valence-electron chi connectivity index (χ3n) is 1.89. The Labute approximate surface area is 83.5 Å². The maximum Gasteiger partial charge on any atom is 0.0408 e. The highest BCUT2D eigenvalue weighted by Crippen LogP contribution is 2.16. The first-order valence-corrected chi connectivity index (χ1v) is 4.96. The van der Waals surface area contributed by atoms with Crippen LogP contribution in [0.5, 0.6) is 0 Å². The Balaban J connectivity index is 2.75. The van der Waals surface area contributed by atoms with Crippen molar-refractivity contribution in [3.8, 4) is 0 Å². The molecule has 1 aromatic carbocycles. The van der Waals surface area contributed by atoms with Crippen molar-refractivity contribution in [1.29, 1.82) is 0 Å². The van der Waals surface area contributed by atoms with E-state index in [-0.39, 0.29) is 0 Å². The highest BCUT2D eigenvalue weighted by Gasteiger charge is 1.98. The fourth-order valence-electron chi connectivity index (χ4n) is 1.17. The molecule has 0 atom stereocenters. The van der Waals surface area contributed by atoms with Gasteiger partial charge >= 0.3 is 0 Å². The van der Waals surface area contributed by atoms with Crippen molar-refractivity contribution in [3.05, 3.63) is 34.3 Å². The Kier molecular flexibility index (Phi) is 3.90. The SMILES string of the molecule is Cc1ccc(Cl)cc1CCCCl. The lowest BCUT2D eigenvalue weighted by Crippen LogP contribution is -1.90. The van der Waals surface area contributed by atoms with E-state index in [1.165, 1.54) is 11.1 Å². The van der Waals surface area contributed by atoms with Crippen LogP contribution in [-0.2, 0) is 6.42 Å². The average Bonchev–Trinajstić information content (AvgIpc) is 2.07. The van der Waals surface area contributed by atoms with Crippen LogP contribution in [-0.4, -0.2) is 5.88 Å². The van der Waals surface area contributed by atoms with Crippen LogP contribution < -0.4 is 0 Å². The van der Waals surface area contributed by atoms with E-state index in [4.69, 9.17) is 23.2 Å². The predicted molar refractivity (Wildman–Crippen MR) is 55.2 cm³/mol.